The number of nitrogens with one attached hydrogen (secondary N) is 1. The van der Waals surface area contributed by atoms with Gasteiger partial charge in [0.05, 0.1) is 11.0 Å². The fourth-order valence-corrected chi connectivity index (χ4v) is 5.37. The number of carbonyl (C=O) groups is 3. The van der Waals surface area contributed by atoms with E-state index in [2.05, 4.69) is 5.32 Å². The Bertz CT molecular complexity index is 1250. The van der Waals surface area contributed by atoms with Crippen LogP contribution in [0.15, 0.2) is 48.5 Å². The highest BCUT2D eigenvalue weighted by atomic mass is 32.1. The molecule has 0 unspecified atom stereocenters. The third-order valence-corrected chi connectivity index (χ3v) is 7.30. The molecule has 0 bridgehead atoms. The lowest BCUT2D eigenvalue weighted by atomic mass is 9.67. The van der Waals surface area contributed by atoms with Crippen molar-refractivity contribution in [2.24, 2.45) is 5.41 Å². The van der Waals surface area contributed by atoms with E-state index in [4.69, 9.17) is 12.2 Å². The maximum Gasteiger partial charge on any atom is 0.269 e. The lowest BCUT2D eigenvalue weighted by Gasteiger charge is -2.55. The van der Waals surface area contributed by atoms with Crippen LogP contribution in [0.25, 0.3) is 0 Å². The van der Waals surface area contributed by atoms with Gasteiger partial charge in [-0.3, -0.25) is 29.4 Å². The van der Waals surface area contributed by atoms with Gasteiger partial charge in [0.1, 0.15) is 0 Å². The highest BCUT2D eigenvalue weighted by Gasteiger charge is 2.62. The van der Waals surface area contributed by atoms with Crippen LogP contribution in [0.3, 0.4) is 0 Å². The molecule has 1 N–H and O–H groups in total. The van der Waals surface area contributed by atoms with E-state index in [-0.39, 0.29) is 29.7 Å². The molecule has 2 fully saturated rings. The Kier molecular flexibility index (Phi) is 5.08. The molecule has 0 radical (unpaired) electrons. The van der Waals surface area contributed by atoms with Gasteiger partial charge in [0.15, 0.2) is 10.5 Å². The maximum absolute atomic E-state index is 13.7. The highest BCUT2D eigenvalue weighted by molar-refractivity contribution is 7.80. The summed E-state index contributed by atoms with van der Waals surface area (Å²) in [6, 6.07) is 12.7. The highest BCUT2D eigenvalue weighted by Crippen LogP contribution is 2.46. The van der Waals surface area contributed by atoms with Crippen LogP contribution in [0.1, 0.15) is 15.9 Å². The summed E-state index contributed by atoms with van der Waals surface area (Å²) in [4.78, 5) is 56.0. The Labute approximate surface area is 200 Å². The monoisotopic (exact) mass is 479 g/mol. The molecule has 3 heterocycles. The standard InChI is InChI=1S/C23H21N5O5S/c1-25-21(31)23(20(30)24-22(25)34)12-15-11-16(28(32)33)7-8-17(15)27-10-9-26(13-18(23)27)19(29)14-5-3-2-4-6-14/h2-8,11,18H,9-10,12-13H2,1H3,(H,24,30,34)/t18-,23-/m0/s1. The van der Waals surface area contributed by atoms with Crippen LogP contribution in [0.4, 0.5) is 11.4 Å². The predicted molar refractivity (Wildman–Crippen MR) is 126 cm³/mol. The van der Waals surface area contributed by atoms with Crippen molar-refractivity contribution >= 4 is 46.4 Å². The second kappa shape index (κ2) is 7.87. The summed E-state index contributed by atoms with van der Waals surface area (Å²) in [5, 5.41) is 14.0. The first-order chi connectivity index (χ1) is 16.2. The smallest absolute Gasteiger partial charge is 0.269 e. The van der Waals surface area contributed by atoms with Gasteiger partial charge in [0.2, 0.25) is 11.8 Å². The van der Waals surface area contributed by atoms with E-state index < -0.39 is 28.2 Å². The number of rotatable bonds is 2. The van der Waals surface area contributed by atoms with Crippen LogP contribution >= 0.6 is 12.2 Å². The zero-order chi connectivity index (χ0) is 24.2. The molecule has 5 rings (SSSR count). The molecule has 2 aromatic carbocycles. The number of anilines is 1. The minimum absolute atomic E-state index is 0.00467. The summed E-state index contributed by atoms with van der Waals surface area (Å²) in [6.45, 7) is 0.884. The molecule has 1 spiro atoms. The van der Waals surface area contributed by atoms with Crippen molar-refractivity contribution < 1.29 is 19.3 Å². The van der Waals surface area contributed by atoms with Crippen LogP contribution in [-0.4, -0.2) is 70.3 Å². The van der Waals surface area contributed by atoms with Crippen molar-refractivity contribution in [2.45, 2.75) is 12.5 Å². The van der Waals surface area contributed by atoms with Gasteiger partial charge in [-0.25, -0.2) is 0 Å². The van der Waals surface area contributed by atoms with E-state index in [0.29, 0.717) is 24.2 Å². The van der Waals surface area contributed by atoms with E-state index in [1.165, 1.54) is 24.1 Å². The number of nitrogens with zero attached hydrogens (tertiary/aromatic N) is 4. The second-order valence-corrected chi connectivity index (χ2v) is 9.05. The average Bonchev–Trinajstić information content (AvgIpc) is 2.85. The van der Waals surface area contributed by atoms with Crippen LogP contribution in [0.5, 0.6) is 0 Å². The number of non-ortho nitro benzene ring substituents is 1. The Morgan fingerprint density at radius 3 is 2.62 bits per heavy atom. The molecule has 3 aliphatic heterocycles. The predicted octanol–water partition coefficient (Wildman–Crippen LogP) is 1.34. The zero-order valence-corrected chi connectivity index (χ0v) is 19.1. The number of nitro benzene ring substituents is 1. The number of thiocarbonyl (C=S) groups is 1. The molecule has 34 heavy (non-hydrogen) atoms. The molecule has 10 nitrogen and oxygen atoms in total. The Morgan fingerprint density at radius 2 is 1.91 bits per heavy atom. The minimum Gasteiger partial charge on any atom is -0.363 e. The zero-order valence-electron chi connectivity index (χ0n) is 18.3. The fourth-order valence-electron chi connectivity index (χ4n) is 5.20. The number of nitro groups is 1. The van der Waals surface area contributed by atoms with Crippen LogP contribution < -0.4 is 10.2 Å². The molecular weight excluding hydrogens is 458 g/mol. The number of carbonyl (C=O) groups excluding carboxylic acids is 3. The lowest BCUT2D eigenvalue weighted by molar-refractivity contribution is -0.384. The number of amides is 3. The van der Waals surface area contributed by atoms with E-state index in [1.54, 1.807) is 35.2 Å². The van der Waals surface area contributed by atoms with Crippen LogP contribution in [0.2, 0.25) is 0 Å². The van der Waals surface area contributed by atoms with Crippen molar-refractivity contribution in [3.8, 4) is 0 Å². The van der Waals surface area contributed by atoms with Crippen molar-refractivity contribution in [3.63, 3.8) is 0 Å². The summed E-state index contributed by atoms with van der Waals surface area (Å²) in [7, 11) is 1.49. The first kappa shape index (κ1) is 22.0. The molecule has 11 heteroatoms. The number of hydrogen-bond acceptors (Lipinski definition) is 7. The van der Waals surface area contributed by atoms with E-state index in [9.17, 15) is 24.5 Å². The Balaban J connectivity index is 1.61. The largest absolute Gasteiger partial charge is 0.363 e. The number of benzene rings is 2. The van der Waals surface area contributed by atoms with Crippen LogP contribution in [-0.2, 0) is 16.0 Å². The van der Waals surface area contributed by atoms with Gasteiger partial charge in [-0.2, -0.15) is 0 Å². The van der Waals surface area contributed by atoms with Crippen molar-refractivity contribution in [1.29, 1.82) is 0 Å². The maximum atomic E-state index is 13.7. The van der Waals surface area contributed by atoms with Crippen LogP contribution in [0, 0.1) is 15.5 Å². The summed E-state index contributed by atoms with van der Waals surface area (Å²) in [6.07, 6.45) is -0.0316. The van der Waals surface area contributed by atoms with Crippen molar-refractivity contribution in [2.75, 3.05) is 31.6 Å². The summed E-state index contributed by atoms with van der Waals surface area (Å²) >= 11 is 5.15. The molecule has 0 aromatic heterocycles. The first-order valence-corrected chi connectivity index (χ1v) is 11.2. The number of piperazine rings is 1. The lowest BCUT2D eigenvalue weighted by Crippen LogP contribution is -2.74. The molecule has 3 aliphatic rings. The molecular formula is C23H21N5O5S. The molecule has 0 aliphatic carbocycles. The molecule has 0 saturated carbocycles. The molecule has 2 aromatic rings. The third kappa shape index (κ3) is 3.15. The quantitative estimate of drug-likeness (QED) is 0.299. The van der Waals surface area contributed by atoms with Gasteiger partial charge in [-0.15, -0.1) is 0 Å². The summed E-state index contributed by atoms with van der Waals surface area (Å²) < 4.78 is 0. The fraction of sp³-hybridized carbons (Fsp3) is 0.304. The van der Waals surface area contributed by atoms with Gasteiger partial charge >= 0.3 is 0 Å². The van der Waals surface area contributed by atoms with Gasteiger partial charge in [-0.1, -0.05) is 18.2 Å². The first-order valence-electron chi connectivity index (χ1n) is 10.8. The SMILES string of the molecule is CN1C(=O)[C@]2(Cc3cc([N+](=O)[O-])ccc3N3CCN(C(=O)c4ccccc4)C[C@H]32)C(=O)NC1=S. The second-order valence-electron chi connectivity index (χ2n) is 8.67. The molecule has 3 amide bonds. The van der Waals surface area contributed by atoms with Gasteiger partial charge in [-0.05, 0) is 36.0 Å². The Morgan fingerprint density at radius 1 is 1.18 bits per heavy atom. The third-order valence-electron chi connectivity index (χ3n) is 6.93. The van der Waals surface area contributed by atoms with Gasteiger partial charge in [0.25, 0.3) is 11.6 Å². The van der Waals surface area contributed by atoms with Gasteiger partial charge in [0, 0.05) is 56.5 Å². The van der Waals surface area contributed by atoms with Gasteiger partial charge < -0.3 is 15.1 Å². The van der Waals surface area contributed by atoms with E-state index in [1.807, 2.05) is 11.0 Å². The normalized spacial score (nSPS) is 24.0. The summed E-state index contributed by atoms with van der Waals surface area (Å²) in [5.74, 6) is -1.22. The molecule has 2 atom stereocenters. The van der Waals surface area contributed by atoms with E-state index >= 15 is 0 Å². The Hall–Kier alpha value is -3.86. The topological polar surface area (TPSA) is 116 Å². The summed E-state index contributed by atoms with van der Waals surface area (Å²) in [5.41, 5.74) is 0.0873. The number of hydrogen-bond donors (Lipinski definition) is 1. The van der Waals surface area contributed by atoms with Crippen molar-refractivity contribution in [1.82, 2.24) is 15.1 Å². The molecule has 2 saturated heterocycles. The number of fused-ring (bicyclic) bond motifs is 4. The van der Waals surface area contributed by atoms with Crippen molar-refractivity contribution in [3.05, 3.63) is 69.8 Å². The minimum atomic E-state index is -1.59. The average molecular weight is 480 g/mol. The molecule has 174 valence electrons. The van der Waals surface area contributed by atoms with E-state index in [0.717, 1.165) is 5.69 Å².